The van der Waals surface area contributed by atoms with Gasteiger partial charge in [-0.3, -0.25) is 4.79 Å². The van der Waals surface area contributed by atoms with Gasteiger partial charge in [-0.2, -0.15) is 5.26 Å². The van der Waals surface area contributed by atoms with E-state index >= 15 is 0 Å². The van der Waals surface area contributed by atoms with Gasteiger partial charge in [0.1, 0.15) is 23.4 Å². The second kappa shape index (κ2) is 7.84. The van der Waals surface area contributed by atoms with Crippen molar-refractivity contribution in [2.45, 2.75) is 26.8 Å². The molecule has 0 saturated carbocycles. The van der Waals surface area contributed by atoms with Crippen LogP contribution in [0.25, 0.3) is 0 Å². The van der Waals surface area contributed by atoms with E-state index in [0.717, 1.165) is 11.8 Å². The molecular formula is C16H19N3O4. The summed E-state index contributed by atoms with van der Waals surface area (Å²) in [4.78, 5) is 23.1. The number of carbonyl (C=O) groups excluding carboxylic acids is 1. The van der Waals surface area contributed by atoms with Crippen LogP contribution in [-0.2, 0) is 9.59 Å². The minimum Gasteiger partial charge on any atom is -0.506 e. The number of hydrogen-bond donors (Lipinski definition) is 4. The molecule has 0 aliphatic rings. The third-order valence-corrected chi connectivity index (χ3v) is 3.11. The van der Waals surface area contributed by atoms with E-state index in [1.165, 1.54) is 6.07 Å². The van der Waals surface area contributed by atoms with Crippen LogP contribution in [0.4, 0.5) is 5.69 Å². The van der Waals surface area contributed by atoms with E-state index < -0.39 is 17.9 Å². The Hall–Kier alpha value is -3.01. The minimum absolute atomic E-state index is 0.0323. The van der Waals surface area contributed by atoms with E-state index in [-0.39, 0.29) is 17.2 Å². The summed E-state index contributed by atoms with van der Waals surface area (Å²) < 4.78 is 0. The maximum Gasteiger partial charge on any atom is 0.326 e. The molecule has 0 fully saturated rings. The molecule has 0 saturated heterocycles. The van der Waals surface area contributed by atoms with Crippen molar-refractivity contribution in [2.24, 2.45) is 5.92 Å². The number of anilines is 1. The van der Waals surface area contributed by atoms with E-state index in [1.807, 2.05) is 6.92 Å². The monoisotopic (exact) mass is 317 g/mol. The van der Waals surface area contributed by atoms with Gasteiger partial charge in [-0.15, -0.1) is 0 Å². The van der Waals surface area contributed by atoms with Gasteiger partial charge >= 0.3 is 5.97 Å². The number of nitriles is 1. The molecule has 1 amide bonds. The number of benzene rings is 1. The van der Waals surface area contributed by atoms with Crippen molar-refractivity contribution in [3.8, 4) is 11.8 Å². The molecular weight excluding hydrogens is 298 g/mol. The van der Waals surface area contributed by atoms with Gasteiger partial charge in [0.25, 0.3) is 5.91 Å². The number of nitrogens with zero attached hydrogens (tertiary/aromatic N) is 1. The first kappa shape index (κ1) is 18.0. The van der Waals surface area contributed by atoms with Crippen LogP contribution in [0.2, 0.25) is 0 Å². The predicted octanol–water partition coefficient (Wildman–Crippen LogP) is 1.75. The first-order valence-electron chi connectivity index (χ1n) is 6.96. The van der Waals surface area contributed by atoms with Crippen molar-refractivity contribution in [1.82, 2.24) is 5.32 Å². The minimum atomic E-state index is -1.17. The summed E-state index contributed by atoms with van der Waals surface area (Å²) in [6.45, 7) is 5.13. The molecule has 4 N–H and O–H groups in total. The third kappa shape index (κ3) is 5.04. The van der Waals surface area contributed by atoms with Crippen molar-refractivity contribution in [3.63, 3.8) is 0 Å². The number of carbonyl (C=O) groups is 2. The highest BCUT2D eigenvalue weighted by atomic mass is 16.4. The number of hydrogen-bond acceptors (Lipinski definition) is 5. The normalized spacial score (nSPS) is 12.4. The molecule has 1 aromatic rings. The fourth-order valence-corrected chi connectivity index (χ4v) is 1.80. The summed E-state index contributed by atoms with van der Waals surface area (Å²) in [7, 11) is 0. The molecule has 1 aromatic carbocycles. The molecule has 122 valence electrons. The lowest BCUT2D eigenvalue weighted by Crippen LogP contribution is -2.44. The predicted molar refractivity (Wildman–Crippen MR) is 84.6 cm³/mol. The Labute approximate surface area is 134 Å². The van der Waals surface area contributed by atoms with Gasteiger partial charge in [-0.05, 0) is 30.5 Å². The van der Waals surface area contributed by atoms with Gasteiger partial charge in [0.15, 0.2) is 0 Å². The van der Waals surface area contributed by atoms with Crippen LogP contribution < -0.4 is 10.6 Å². The molecule has 0 heterocycles. The Morgan fingerprint density at radius 3 is 2.52 bits per heavy atom. The number of aromatic hydroxyl groups is 1. The van der Waals surface area contributed by atoms with Crippen LogP contribution >= 0.6 is 0 Å². The van der Waals surface area contributed by atoms with Crippen LogP contribution in [0.5, 0.6) is 5.75 Å². The highest BCUT2D eigenvalue weighted by molar-refractivity contribution is 5.99. The number of carboxylic acids is 1. The molecule has 1 atom stereocenters. The molecule has 0 spiro atoms. The molecule has 1 rings (SSSR count). The van der Waals surface area contributed by atoms with E-state index in [2.05, 4.69) is 10.6 Å². The molecule has 0 aliphatic heterocycles. The Kier molecular flexibility index (Phi) is 6.15. The zero-order chi connectivity index (χ0) is 17.6. The maximum atomic E-state index is 12.0. The van der Waals surface area contributed by atoms with Gasteiger partial charge in [0.05, 0.1) is 5.69 Å². The van der Waals surface area contributed by atoms with Crippen molar-refractivity contribution in [3.05, 3.63) is 35.5 Å². The fourth-order valence-electron chi connectivity index (χ4n) is 1.80. The van der Waals surface area contributed by atoms with Crippen LogP contribution in [0, 0.1) is 24.2 Å². The van der Waals surface area contributed by atoms with Gasteiger partial charge in [0.2, 0.25) is 0 Å². The zero-order valence-corrected chi connectivity index (χ0v) is 13.1. The van der Waals surface area contributed by atoms with Crippen LogP contribution in [0.15, 0.2) is 30.0 Å². The molecule has 0 radical (unpaired) electrons. The van der Waals surface area contributed by atoms with Crippen LogP contribution in [-0.4, -0.2) is 28.1 Å². The Morgan fingerprint density at radius 2 is 2.00 bits per heavy atom. The highest BCUT2D eigenvalue weighted by Crippen LogP contribution is 2.23. The topological polar surface area (TPSA) is 122 Å². The lowest BCUT2D eigenvalue weighted by molar-refractivity contribution is -0.142. The highest BCUT2D eigenvalue weighted by Gasteiger charge is 2.24. The number of carboxylic acid groups (broad SMARTS) is 1. The Balaban J connectivity index is 2.91. The van der Waals surface area contributed by atoms with E-state index in [9.17, 15) is 14.7 Å². The first-order chi connectivity index (χ1) is 10.8. The molecule has 23 heavy (non-hydrogen) atoms. The summed E-state index contributed by atoms with van der Waals surface area (Å²) in [6, 6.07) is 5.45. The van der Waals surface area contributed by atoms with Crippen molar-refractivity contribution >= 4 is 17.6 Å². The Morgan fingerprint density at radius 1 is 1.35 bits per heavy atom. The van der Waals surface area contributed by atoms with E-state index in [0.29, 0.717) is 5.69 Å². The number of amides is 1. The van der Waals surface area contributed by atoms with Crippen molar-refractivity contribution in [2.75, 3.05) is 5.32 Å². The smallest absolute Gasteiger partial charge is 0.326 e. The Bertz CT molecular complexity index is 674. The summed E-state index contributed by atoms with van der Waals surface area (Å²) >= 11 is 0. The van der Waals surface area contributed by atoms with Gasteiger partial charge in [0, 0.05) is 6.20 Å². The SMILES string of the molecule is Cc1ccc(O)c(N/C=C(/C#N)C(=O)NC(C(=O)O)C(C)C)c1. The van der Waals surface area contributed by atoms with Gasteiger partial charge < -0.3 is 20.8 Å². The molecule has 0 bridgehead atoms. The second-order valence-electron chi connectivity index (χ2n) is 5.37. The number of rotatable bonds is 6. The number of phenolic OH excluding ortho intramolecular Hbond substituents is 1. The number of nitrogens with one attached hydrogen (secondary N) is 2. The van der Waals surface area contributed by atoms with Crippen molar-refractivity contribution in [1.29, 1.82) is 5.26 Å². The summed E-state index contributed by atoms with van der Waals surface area (Å²) in [5, 5.41) is 32.8. The number of aryl methyl sites for hydroxylation is 1. The van der Waals surface area contributed by atoms with Crippen molar-refractivity contribution < 1.29 is 19.8 Å². The molecule has 0 aliphatic carbocycles. The lowest BCUT2D eigenvalue weighted by Gasteiger charge is -2.17. The van der Waals surface area contributed by atoms with Crippen LogP contribution in [0.3, 0.4) is 0 Å². The summed E-state index contributed by atoms with van der Waals surface area (Å²) in [6.07, 6.45) is 1.13. The quantitative estimate of drug-likeness (QED) is 0.360. The summed E-state index contributed by atoms with van der Waals surface area (Å²) in [5.41, 5.74) is 0.925. The number of aliphatic carboxylic acids is 1. The largest absolute Gasteiger partial charge is 0.506 e. The van der Waals surface area contributed by atoms with E-state index in [4.69, 9.17) is 10.4 Å². The second-order valence-corrected chi connectivity index (χ2v) is 5.37. The summed E-state index contributed by atoms with van der Waals surface area (Å²) in [5.74, 6) is -2.33. The molecule has 7 heteroatoms. The fraction of sp³-hybridized carbons (Fsp3) is 0.312. The average Bonchev–Trinajstić information content (AvgIpc) is 2.48. The molecule has 7 nitrogen and oxygen atoms in total. The lowest BCUT2D eigenvalue weighted by atomic mass is 10.0. The molecule has 1 unspecified atom stereocenters. The maximum absolute atomic E-state index is 12.0. The molecule has 0 aromatic heterocycles. The van der Waals surface area contributed by atoms with Crippen LogP contribution in [0.1, 0.15) is 19.4 Å². The first-order valence-corrected chi connectivity index (χ1v) is 6.96. The average molecular weight is 317 g/mol. The number of phenols is 1. The van der Waals surface area contributed by atoms with Gasteiger partial charge in [-0.25, -0.2) is 4.79 Å². The zero-order valence-electron chi connectivity index (χ0n) is 13.1. The standard InChI is InChI=1S/C16H19N3O4/c1-9(2)14(16(22)23)19-15(21)11(7-17)8-18-12-6-10(3)4-5-13(12)20/h4-6,8-9,14,18,20H,1-3H3,(H,19,21)(H,22,23)/b11-8-. The van der Waals surface area contributed by atoms with E-state index in [1.54, 1.807) is 32.0 Å². The third-order valence-electron chi connectivity index (χ3n) is 3.11. The van der Waals surface area contributed by atoms with Gasteiger partial charge in [-0.1, -0.05) is 19.9 Å².